The molecule has 12 heteroatoms. The summed E-state index contributed by atoms with van der Waals surface area (Å²) >= 11 is 0. The van der Waals surface area contributed by atoms with Gasteiger partial charge in [0.15, 0.2) is 5.78 Å². The summed E-state index contributed by atoms with van der Waals surface area (Å²) in [7, 11) is 0. The van der Waals surface area contributed by atoms with Gasteiger partial charge in [-0.2, -0.15) is 0 Å². The summed E-state index contributed by atoms with van der Waals surface area (Å²) in [5.74, 6) is -3.29. The number of carbonyl (C=O) groups excluding carboxylic acids is 4. The number of unbranched alkanes of at least 4 members (excludes halogenated alkanes) is 1. The SMILES string of the molecule is CCOCCOCC(=O)NCCCC[C@H](CC(=O)[C@@H](N)Cc1cnc[nH]1)C(=O)C[C@@H](CO)C(N)=O. The fourth-order valence-electron chi connectivity index (χ4n) is 3.40. The van der Waals surface area contributed by atoms with E-state index in [1.54, 1.807) is 6.20 Å². The first-order chi connectivity index (χ1) is 16.8. The van der Waals surface area contributed by atoms with E-state index in [0.29, 0.717) is 51.3 Å². The van der Waals surface area contributed by atoms with Crippen LogP contribution in [0.2, 0.25) is 0 Å². The van der Waals surface area contributed by atoms with Crippen LogP contribution in [-0.2, 0) is 35.1 Å². The maximum Gasteiger partial charge on any atom is 0.245 e. The summed E-state index contributed by atoms with van der Waals surface area (Å²) in [6, 6.07) is -0.808. The Balaban J connectivity index is 2.53. The van der Waals surface area contributed by atoms with Crippen molar-refractivity contribution in [2.75, 3.05) is 39.6 Å². The third kappa shape index (κ3) is 13.1. The van der Waals surface area contributed by atoms with Crippen molar-refractivity contribution in [2.24, 2.45) is 23.3 Å². The van der Waals surface area contributed by atoms with Crippen molar-refractivity contribution >= 4 is 23.4 Å². The summed E-state index contributed by atoms with van der Waals surface area (Å²) in [5.41, 5.74) is 12.0. The highest BCUT2D eigenvalue weighted by molar-refractivity contribution is 5.92. The smallest absolute Gasteiger partial charge is 0.245 e. The standard InChI is InChI=1S/C23H39N5O7/c1-2-34-7-8-35-14-22(32)27-6-4-3-5-16(20(30)10-17(13-29)23(25)33)9-21(31)19(24)11-18-12-26-15-28-18/h12,15-17,19,29H,2-11,13-14,24H2,1H3,(H2,25,33)(H,26,28)(H,27,32)/t16-,17+,19+/m1/s1. The van der Waals surface area contributed by atoms with E-state index in [0.717, 1.165) is 0 Å². The summed E-state index contributed by atoms with van der Waals surface area (Å²) in [6.07, 6.45) is 4.53. The first kappa shape index (κ1) is 30.4. The molecule has 1 rings (SSSR count). The number of aliphatic hydroxyl groups excluding tert-OH is 1. The van der Waals surface area contributed by atoms with E-state index in [-0.39, 0.29) is 43.3 Å². The molecule has 0 fully saturated rings. The number of amides is 2. The molecule has 3 atom stereocenters. The van der Waals surface area contributed by atoms with Gasteiger partial charge in [0.25, 0.3) is 0 Å². The summed E-state index contributed by atoms with van der Waals surface area (Å²) in [6.45, 7) is 3.01. The highest BCUT2D eigenvalue weighted by atomic mass is 16.5. The highest BCUT2D eigenvalue weighted by Gasteiger charge is 2.28. The molecule has 7 N–H and O–H groups in total. The normalized spacial score (nSPS) is 13.7. The molecule has 0 aliphatic carbocycles. The molecule has 0 spiro atoms. The van der Waals surface area contributed by atoms with Gasteiger partial charge in [-0.25, -0.2) is 4.98 Å². The van der Waals surface area contributed by atoms with E-state index in [9.17, 15) is 24.3 Å². The largest absolute Gasteiger partial charge is 0.396 e. The molecule has 1 heterocycles. The molecule has 35 heavy (non-hydrogen) atoms. The van der Waals surface area contributed by atoms with Gasteiger partial charge in [0.2, 0.25) is 11.8 Å². The van der Waals surface area contributed by atoms with Gasteiger partial charge >= 0.3 is 0 Å². The molecule has 0 aromatic carbocycles. The molecule has 0 saturated carbocycles. The van der Waals surface area contributed by atoms with Crippen molar-refractivity contribution in [3.63, 3.8) is 0 Å². The monoisotopic (exact) mass is 497 g/mol. The molecule has 2 amide bonds. The number of ether oxygens (including phenoxy) is 2. The van der Waals surface area contributed by atoms with Crippen LogP contribution in [-0.4, -0.2) is 84.1 Å². The second-order valence-corrected chi connectivity index (χ2v) is 8.30. The van der Waals surface area contributed by atoms with Crippen molar-refractivity contribution in [3.05, 3.63) is 18.2 Å². The molecule has 12 nitrogen and oxygen atoms in total. The van der Waals surface area contributed by atoms with Gasteiger partial charge in [0, 0.05) is 50.2 Å². The first-order valence-corrected chi connectivity index (χ1v) is 11.9. The van der Waals surface area contributed by atoms with Gasteiger partial charge in [-0.05, 0) is 19.8 Å². The molecule has 0 bridgehead atoms. The van der Waals surface area contributed by atoms with Crippen LogP contribution >= 0.6 is 0 Å². The maximum absolute atomic E-state index is 12.8. The van der Waals surface area contributed by atoms with Crippen LogP contribution in [0.3, 0.4) is 0 Å². The number of ketones is 2. The lowest BCUT2D eigenvalue weighted by Crippen LogP contribution is -2.36. The fourth-order valence-corrected chi connectivity index (χ4v) is 3.40. The number of nitrogens with zero attached hydrogens (tertiary/aromatic N) is 1. The Hall–Kier alpha value is -2.67. The molecule has 1 aromatic rings. The first-order valence-electron chi connectivity index (χ1n) is 11.9. The zero-order valence-corrected chi connectivity index (χ0v) is 20.4. The van der Waals surface area contributed by atoms with E-state index < -0.39 is 30.4 Å². The van der Waals surface area contributed by atoms with Gasteiger partial charge in [-0.1, -0.05) is 6.42 Å². The van der Waals surface area contributed by atoms with E-state index >= 15 is 0 Å². The Bertz CT molecular complexity index is 772. The van der Waals surface area contributed by atoms with Crippen molar-refractivity contribution in [1.82, 2.24) is 15.3 Å². The number of imidazole rings is 1. The molecule has 0 unspecified atom stereocenters. The minimum Gasteiger partial charge on any atom is -0.396 e. The quantitative estimate of drug-likeness (QED) is 0.135. The Morgan fingerprint density at radius 3 is 2.46 bits per heavy atom. The van der Waals surface area contributed by atoms with Crippen LogP contribution in [0.5, 0.6) is 0 Å². The lowest BCUT2D eigenvalue weighted by atomic mass is 9.85. The molecule has 0 aliphatic heterocycles. The minimum atomic E-state index is -0.999. The van der Waals surface area contributed by atoms with E-state index in [1.165, 1.54) is 6.33 Å². The average Bonchev–Trinajstić information content (AvgIpc) is 3.33. The zero-order chi connectivity index (χ0) is 26.1. The number of rotatable bonds is 21. The van der Waals surface area contributed by atoms with Crippen molar-refractivity contribution in [2.45, 2.75) is 51.5 Å². The Morgan fingerprint density at radius 1 is 1.11 bits per heavy atom. The van der Waals surface area contributed by atoms with Gasteiger partial charge in [-0.3, -0.25) is 19.2 Å². The third-order valence-corrected chi connectivity index (χ3v) is 5.49. The zero-order valence-electron chi connectivity index (χ0n) is 20.4. The molecule has 198 valence electrons. The van der Waals surface area contributed by atoms with Gasteiger partial charge in [-0.15, -0.1) is 0 Å². The number of aromatic amines is 1. The lowest BCUT2D eigenvalue weighted by molar-refractivity contribution is -0.132. The van der Waals surface area contributed by atoms with Crippen LogP contribution < -0.4 is 16.8 Å². The molecular weight excluding hydrogens is 458 g/mol. The van der Waals surface area contributed by atoms with Gasteiger partial charge in [0.1, 0.15) is 12.4 Å². The molecular formula is C23H39N5O7. The Labute approximate surface area is 205 Å². The second kappa shape index (κ2) is 17.7. The van der Waals surface area contributed by atoms with Crippen LogP contribution in [0.25, 0.3) is 0 Å². The summed E-state index contributed by atoms with van der Waals surface area (Å²) in [5, 5.41) is 12.1. The molecule has 1 aromatic heterocycles. The average molecular weight is 498 g/mol. The Kier molecular flexibility index (Phi) is 15.4. The number of nitrogens with one attached hydrogen (secondary N) is 2. The third-order valence-electron chi connectivity index (χ3n) is 5.49. The molecule has 0 radical (unpaired) electrons. The number of aliphatic hydroxyl groups is 1. The number of primary amides is 1. The van der Waals surface area contributed by atoms with Gasteiger partial charge in [0.05, 0.1) is 38.1 Å². The highest BCUT2D eigenvalue weighted by Crippen LogP contribution is 2.20. The van der Waals surface area contributed by atoms with Crippen LogP contribution in [0.1, 0.15) is 44.7 Å². The van der Waals surface area contributed by atoms with Crippen molar-refractivity contribution in [1.29, 1.82) is 0 Å². The van der Waals surface area contributed by atoms with E-state index in [4.69, 9.17) is 20.9 Å². The molecule has 0 saturated heterocycles. The van der Waals surface area contributed by atoms with Crippen molar-refractivity contribution < 1.29 is 33.8 Å². The predicted octanol–water partition coefficient (Wildman–Crippen LogP) is -0.752. The maximum atomic E-state index is 12.8. The fraction of sp³-hybridized carbons (Fsp3) is 0.696. The number of nitrogens with two attached hydrogens (primary N) is 2. The number of Topliss-reactive ketones (excluding diaryl/α,β-unsaturated/α-hetero) is 2. The van der Waals surface area contributed by atoms with Gasteiger partial charge < -0.3 is 36.3 Å². The summed E-state index contributed by atoms with van der Waals surface area (Å²) < 4.78 is 10.3. The number of aromatic nitrogens is 2. The predicted molar refractivity (Wildman–Crippen MR) is 127 cm³/mol. The topological polar surface area (TPSA) is 200 Å². The lowest BCUT2D eigenvalue weighted by Gasteiger charge is -2.19. The number of hydrogen-bond acceptors (Lipinski definition) is 9. The number of hydrogen-bond donors (Lipinski definition) is 5. The van der Waals surface area contributed by atoms with E-state index in [2.05, 4.69) is 15.3 Å². The van der Waals surface area contributed by atoms with Crippen LogP contribution in [0, 0.1) is 11.8 Å². The number of carbonyl (C=O) groups is 4. The number of H-pyrrole nitrogens is 1. The van der Waals surface area contributed by atoms with Crippen LogP contribution in [0.4, 0.5) is 0 Å². The second-order valence-electron chi connectivity index (χ2n) is 8.30. The summed E-state index contributed by atoms with van der Waals surface area (Å²) in [4.78, 5) is 55.5. The van der Waals surface area contributed by atoms with Crippen molar-refractivity contribution in [3.8, 4) is 0 Å². The Morgan fingerprint density at radius 2 is 1.83 bits per heavy atom. The van der Waals surface area contributed by atoms with Crippen LogP contribution in [0.15, 0.2) is 12.5 Å². The van der Waals surface area contributed by atoms with E-state index in [1.807, 2.05) is 6.92 Å². The molecule has 0 aliphatic rings. The minimum absolute atomic E-state index is 0.0629.